The van der Waals surface area contributed by atoms with Gasteiger partial charge in [-0.1, -0.05) is 31.5 Å². The summed E-state index contributed by atoms with van der Waals surface area (Å²) in [5.41, 5.74) is 0.427. The summed E-state index contributed by atoms with van der Waals surface area (Å²) >= 11 is 0. The molecule has 2 N–H and O–H groups in total. The van der Waals surface area contributed by atoms with Crippen molar-refractivity contribution in [2.24, 2.45) is 0 Å². The Morgan fingerprint density at radius 2 is 2.05 bits per heavy atom. The molecule has 21 heavy (non-hydrogen) atoms. The topological polar surface area (TPSA) is 69.6 Å². The minimum absolute atomic E-state index is 0.0814. The fourth-order valence-electron chi connectivity index (χ4n) is 1.92. The molecule has 1 unspecified atom stereocenters. The summed E-state index contributed by atoms with van der Waals surface area (Å²) < 4.78 is 13.5. The van der Waals surface area contributed by atoms with Crippen LogP contribution in [0, 0.1) is 5.82 Å². The van der Waals surface area contributed by atoms with Gasteiger partial charge in [-0.2, -0.15) is 0 Å². The normalized spacial score (nSPS) is 12.0. The van der Waals surface area contributed by atoms with E-state index in [1.165, 1.54) is 11.0 Å². The van der Waals surface area contributed by atoms with Crippen LogP contribution in [0.5, 0.6) is 0 Å². The lowest BCUT2D eigenvalue weighted by Gasteiger charge is -2.20. The van der Waals surface area contributed by atoms with Gasteiger partial charge < -0.3 is 10.0 Å². The fourth-order valence-corrected chi connectivity index (χ4v) is 1.92. The van der Waals surface area contributed by atoms with Gasteiger partial charge in [0, 0.05) is 19.2 Å². The molecule has 1 rings (SSSR count). The van der Waals surface area contributed by atoms with Gasteiger partial charge in [0.2, 0.25) is 5.91 Å². The Morgan fingerprint density at radius 3 is 2.62 bits per heavy atom. The molecule has 0 bridgehead atoms. The standard InChI is InChI=1S/C15H21FN2O3/c1-3-6-13(15(20)21)17-9-14(19)18(2)10-11-7-4-5-8-12(11)16/h4-5,7-8,13,17H,3,6,9-10H2,1-2H3,(H,20,21). The summed E-state index contributed by atoms with van der Waals surface area (Å²) in [5, 5.41) is 11.7. The van der Waals surface area contributed by atoms with E-state index in [0.29, 0.717) is 18.4 Å². The molecule has 0 aromatic heterocycles. The first-order valence-corrected chi connectivity index (χ1v) is 6.89. The first-order valence-electron chi connectivity index (χ1n) is 6.89. The average molecular weight is 296 g/mol. The van der Waals surface area contributed by atoms with Gasteiger partial charge in [-0.25, -0.2) is 4.39 Å². The van der Waals surface area contributed by atoms with Gasteiger partial charge in [0.05, 0.1) is 6.54 Å². The lowest BCUT2D eigenvalue weighted by Crippen LogP contribution is -2.43. The van der Waals surface area contributed by atoms with Gasteiger partial charge in [0.1, 0.15) is 11.9 Å². The summed E-state index contributed by atoms with van der Waals surface area (Å²) in [4.78, 5) is 24.3. The van der Waals surface area contributed by atoms with Crippen molar-refractivity contribution in [3.63, 3.8) is 0 Å². The van der Waals surface area contributed by atoms with Crippen LogP contribution in [0.4, 0.5) is 4.39 Å². The first kappa shape index (κ1) is 17.1. The van der Waals surface area contributed by atoms with Gasteiger partial charge >= 0.3 is 5.97 Å². The second-order valence-corrected chi connectivity index (χ2v) is 4.90. The molecule has 1 amide bonds. The summed E-state index contributed by atoms with van der Waals surface area (Å²) in [6.45, 7) is 1.95. The van der Waals surface area contributed by atoms with Crippen molar-refractivity contribution in [2.75, 3.05) is 13.6 Å². The number of carboxylic acids is 1. The van der Waals surface area contributed by atoms with Crippen molar-refractivity contribution in [3.8, 4) is 0 Å². The van der Waals surface area contributed by atoms with Crippen LogP contribution < -0.4 is 5.32 Å². The SMILES string of the molecule is CCCC(NCC(=O)N(C)Cc1ccccc1F)C(=O)O. The van der Waals surface area contributed by atoms with Gasteiger partial charge in [0.15, 0.2) is 0 Å². The summed E-state index contributed by atoms with van der Waals surface area (Å²) in [6.07, 6.45) is 1.17. The summed E-state index contributed by atoms with van der Waals surface area (Å²) in [5.74, 6) is -1.61. The molecule has 1 aromatic carbocycles. The van der Waals surface area contributed by atoms with Crippen LogP contribution in [0.15, 0.2) is 24.3 Å². The zero-order valence-electron chi connectivity index (χ0n) is 12.3. The van der Waals surface area contributed by atoms with E-state index in [2.05, 4.69) is 5.32 Å². The molecule has 0 saturated heterocycles. The van der Waals surface area contributed by atoms with Crippen LogP contribution in [0.3, 0.4) is 0 Å². The number of halogens is 1. The Morgan fingerprint density at radius 1 is 1.38 bits per heavy atom. The molecule has 1 atom stereocenters. The molecule has 0 aliphatic rings. The third-order valence-electron chi connectivity index (χ3n) is 3.17. The van der Waals surface area contributed by atoms with E-state index in [9.17, 15) is 14.0 Å². The van der Waals surface area contributed by atoms with Crippen LogP contribution in [0.25, 0.3) is 0 Å². The van der Waals surface area contributed by atoms with Crippen molar-refractivity contribution in [3.05, 3.63) is 35.6 Å². The Balaban J connectivity index is 2.51. The number of carbonyl (C=O) groups excluding carboxylic acids is 1. The quantitative estimate of drug-likeness (QED) is 0.765. The maximum Gasteiger partial charge on any atom is 0.320 e. The second kappa shape index (κ2) is 8.36. The van der Waals surface area contributed by atoms with Crippen LogP contribution in [0.2, 0.25) is 0 Å². The van der Waals surface area contributed by atoms with Crippen molar-refractivity contribution in [1.82, 2.24) is 10.2 Å². The van der Waals surface area contributed by atoms with Gasteiger partial charge in [-0.05, 0) is 12.5 Å². The van der Waals surface area contributed by atoms with E-state index in [0.717, 1.165) is 0 Å². The molecule has 1 aromatic rings. The largest absolute Gasteiger partial charge is 0.480 e. The number of hydrogen-bond donors (Lipinski definition) is 2. The van der Waals surface area contributed by atoms with Crippen LogP contribution in [-0.2, 0) is 16.1 Å². The minimum Gasteiger partial charge on any atom is -0.480 e. The smallest absolute Gasteiger partial charge is 0.320 e. The number of nitrogens with zero attached hydrogens (tertiary/aromatic N) is 1. The molecular weight excluding hydrogens is 275 g/mol. The van der Waals surface area contributed by atoms with Gasteiger partial charge in [0.25, 0.3) is 0 Å². The number of rotatable bonds is 8. The molecule has 0 saturated carbocycles. The number of carboxylic acid groups (broad SMARTS) is 1. The molecule has 0 fully saturated rings. The average Bonchev–Trinajstić information content (AvgIpc) is 2.45. The lowest BCUT2D eigenvalue weighted by atomic mass is 10.1. The maximum atomic E-state index is 13.5. The Bertz CT molecular complexity index is 494. The van der Waals surface area contributed by atoms with E-state index in [4.69, 9.17) is 5.11 Å². The molecule has 0 aliphatic carbocycles. The highest BCUT2D eigenvalue weighted by Gasteiger charge is 2.18. The Kier molecular flexibility index (Phi) is 6.81. The third kappa shape index (κ3) is 5.51. The second-order valence-electron chi connectivity index (χ2n) is 4.90. The fraction of sp³-hybridized carbons (Fsp3) is 0.467. The number of benzene rings is 1. The Hall–Kier alpha value is -1.95. The van der Waals surface area contributed by atoms with Crippen LogP contribution in [-0.4, -0.2) is 41.5 Å². The van der Waals surface area contributed by atoms with E-state index in [-0.39, 0.29) is 24.8 Å². The third-order valence-corrected chi connectivity index (χ3v) is 3.17. The van der Waals surface area contributed by atoms with Crippen molar-refractivity contribution in [2.45, 2.75) is 32.4 Å². The Labute approximate surface area is 123 Å². The van der Waals surface area contributed by atoms with Crippen LogP contribution in [0.1, 0.15) is 25.3 Å². The summed E-state index contributed by atoms with van der Waals surface area (Å²) in [6, 6.07) is 5.51. The number of carbonyl (C=O) groups is 2. The van der Waals surface area contributed by atoms with E-state index in [1.807, 2.05) is 6.92 Å². The molecule has 5 nitrogen and oxygen atoms in total. The highest BCUT2D eigenvalue weighted by molar-refractivity contribution is 5.79. The summed E-state index contributed by atoms with van der Waals surface area (Å²) in [7, 11) is 1.56. The maximum absolute atomic E-state index is 13.5. The van der Waals surface area contributed by atoms with Gasteiger partial charge in [-0.3, -0.25) is 14.9 Å². The zero-order valence-corrected chi connectivity index (χ0v) is 12.3. The number of nitrogens with one attached hydrogen (secondary N) is 1. The predicted octanol–water partition coefficient (Wildman–Crippen LogP) is 1.63. The highest BCUT2D eigenvalue weighted by Crippen LogP contribution is 2.08. The van der Waals surface area contributed by atoms with Crippen molar-refractivity contribution < 1.29 is 19.1 Å². The van der Waals surface area contributed by atoms with E-state index in [1.54, 1.807) is 25.2 Å². The first-order chi connectivity index (χ1) is 9.95. The minimum atomic E-state index is -0.971. The zero-order chi connectivity index (χ0) is 15.8. The van der Waals surface area contributed by atoms with E-state index >= 15 is 0 Å². The van der Waals surface area contributed by atoms with Crippen molar-refractivity contribution in [1.29, 1.82) is 0 Å². The lowest BCUT2D eigenvalue weighted by molar-refractivity contribution is -0.140. The molecule has 0 spiro atoms. The van der Waals surface area contributed by atoms with E-state index < -0.39 is 12.0 Å². The van der Waals surface area contributed by atoms with Crippen molar-refractivity contribution >= 4 is 11.9 Å². The predicted molar refractivity (Wildman–Crippen MR) is 77.2 cm³/mol. The molecule has 0 radical (unpaired) electrons. The number of hydrogen-bond acceptors (Lipinski definition) is 3. The van der Waals surface area contributed by atoms with Gasteiger partial charge in [-0.15, -0.1) is 0 Å². The molecule has 6 heteroatoms. The molecule has 116 valence electrons. The number of aliphatic carboxylic acids is 1. The molecular formula is C15H21FN2O3. The molecule has 0 aliphatic heterocycles. The number of likely N-dealkylation sites (N-methyl/N-ethyl adjacent to an activating group) is 1. The monoisotopic (exact) mass is 296 g/mol. The molecule has 0 heterocycles. The highest BCUT2D eigenvalue weighted by atomic mass is 19.1. The number of amides is 1. The van der Waals surface area contributed by atoms with Crippen LogP contribution >= 0.6 is 0 Å².